The van der Waals surface area contributed by atoms with E-state index in [-0.39, 0.29) is 48.5 Å². The SMILES string of the molecule is CCC1(C(O)C/C=C/C2[C@@H](C/C=C\CCCC(=O)OCCO)C(C#N)C[C@H]2O)CCC1. The zero-order valence-corrected chi connectivity index (χ0v) is 18.8. The average molecular weight is 434 g/mol. The molecule has 2 fully saturated rings. The molecule has 0 aliphatic heterocycles. The molecule has 31 heavy (non-hydrogen) atoms. The second kappa shape index (κ2) is 13.0. The Labute approximate surface area is 186 Å². The molecule has 0 heterocycles. The highest BCUT2D eigenvalue weighted by molar-refractivity contribution is 5.69. The van der Waals surface area contributed by atoms with Gasteiger partial charge in [-0.05, 0) is 62.7 Å². The van der Waals surface area contributed by atoms with E-state index in [9.17, 15) is 20.3 Å². The number of allylic oxidation sites excluding steroid dienone is 2. The molecule has 0 bridgehead atoms. The van der Waals surface area contributed by atoms with Gasteiger partial charge < -0.3 is 20.1 Å². The van der Waals surface area contributed by atoms with Crippen LogP contribution in [0.1, 0.15) is 71.1 Å². The smallest absolute Gasteiger partial charge is 0.305 e. The molecule has 5 atom stereocenters. The highest BCUT2D eigenvalue weighted by Gasteiger charge is 2.42. The second-order valence-electron chi connectivity index (χ2n) is 9.07. The van der Waals surface area contributed by atoms with Crippen molar-refractivity contribution in [2.75, 3.05) is 13.2 Å². The van der Waals surface area contributed by atoms with Crippen LogP contribution in [0.4, 0.5) is 0 Å². The number of carbonyl (C=O) groups excluding carboxylic acids is 1. The lowest BCUT2D eigenvalue weighted by Gasteiger charge is -2.45. The highest BCUT2D eigenvalue weighted by atomic mass is 16.5. The Hall–Kier alpha value is -1.68. The molecule has 0 radical (unpaired) electrons. The summed E-state index contributed by atoms with van der Waals surface area (Å²) in [6.07, 6.45) is 15.1. The largest absolute Gasteiger partial charge is 0.463 e. The summed E-state index contributed by atoms with van der Waals surface area (Å²) in [6.45, 7) is 2.03. The Kier molecular flexibility index (Phi) is 10.7. The first-order valence-electron chi connectivity index (χ1n) is 11.8. The zero-order chi connectivity index (χ0) is 22.7. The lowest BCUT2D eigenvalue weighted by atomic mass is 9.63. The van der Waals surface area contributed by atoms with Crippen LogP contribution in [0.5, 0.6) is 0 Å². The number of nitrogens with zero attached hydrogens (tertiary/aromatic N) is 1. The summed E-state index contributed by atoms with van der Waals surface area (Å²) in [6, 6.07) is 2.35. The number of carbonyl (C=O) groups is 1. The van der Waals surface area contributed by atoms with Crippen LogP contribution in [0.2, 0.25) is 0 Å². The van der Waals surface area contributed by atoms with E-state index < -0.39 is 6.10 Å². The molecule has 0 aromatic rings. The van der Waals surface area contributed by atoms with E-state index in [0.717, 1.165) is 25.7 Å². The third-order valence-corrected chi connectivity index (χ3v) is 7.28. The minimum atomic E-state index is -0.526. The van der Waals surface area contributed by atoms with Crippen molar-refractivity contribution >= 4 is 5.97 Å². The Morgan fingerprint density at radius 1 is 1.32 bits per heavy atom. The number of unbranched alkanes of at least 4 members (excludes halogenated alkanes) is 1. The van der Waals surface area contributed by atoms with Crippen molar-refractivity contribution in [3.63, 3.8) is 0 Å². The first kappa shape index (κ1) is 25.6. The fourth-order valence-electron chi connectivity index (χ4n) is 5.02. The maximum atomic E-state index is 11.4. The molecular weight excluding hydrogens is 394 g/mol. The molecule has 2 rings (SSSR count). The van der Waals surface area contributed by atoms with Crippen molar-refractivity contribution in [2.24, 2.45) is 23.2 Å². The van der Waals surface area contributed by atoms with Gasteiger partial charge in [0.25, 0.3) is 0 Å². The summed E-state index contributed by atoms with van der Waals surface area (Å²) in [4.78, 5) is 11.4. The summed E-state index contributed by atoms with van der Waals surface area (Å²) in [5.74, 6) is -0.497. The maximum Gasteiger partial charge on any atom is 0.305 e. The first-order valence-corrected chi connectivity index (χ1v) is 11.8. The molecule has 0 aromatic carbocycles. The fraction of sp³-hybridized carbons (Fsp3) is 0.760. The van der Waals surface area contributed by atoms with Gasteiger partial charge in [-0.1, -0.05) is 37.6 Å². The molecule has 3 unspecified atom stereocenters. The van der Waals surface area contributed by atoms with Crippen LogP contribution in [0.15, 0.2) is 24.3 Å². The quantitative estimate of drug-likeness (QED) is 0.232. The van der Waals surface area contributed by atoms with E-state index in [0.29, 0.717) is 32.1 Å². The molecule has 0 saturated heterocycles. The third-order valence-electron chi connectivity index (χ3n) is 7.28. The molecule has 174 valence electrons. The van der Waals surface area contributed by atoms with Crippen molar-refractivity contribution in [2.45, 2.75) is 83.3 Å². The average Bonchev–Trinajstić information content (AvgIpc) is 3.03. The summed E-state index contributed by atoms with van der Waals surface area (Å²) < 4.78 is 4.82. The van der Waals surface area contributed by atoms with Gasteiger partial charge in [-0.25, -0.2) is 0 Å². The lowest BCUT2D eigenvalue weighted by molar-refractivity contribution is -0.144. The molecule has 0 spiro atoms. The first-order chi connectivity index (χ1) is 15.0. The third kappa shape index (κ3) is 7.17. The summed E-state index contributed by atoms with van der Waals surface area (Å²) in [5.41, 5.74) is 0.0699. The Morgan fingerprint density at radius 3 is 2.71 bits per heavy atom. The van der Waals surface area contributed by atoms with Gasteiger partial charge in [0.15, 0.2) is 0 Å². The van der Waals surface area contributed by atoms with E-state index in [1.54, 1.807) is 0 Å². The Bertz CT molecular complexity index is 643. The van der Waals surface area contributed by atoms with E-state index in [2.05, 4.69) is 13.0 Å². The fourth-order valence-corrected chi connectivity index (χ4v) is 5.02. The number of aliphatic hydroxyl groups is 3. The van der Waals surface area contributed by atoms with Crippen LogP contribution >= 0.6 is 0 Å². The predicted octanol–water partition coefficient (Wildman–Crippen LogP) is 3.66. The van der Waals surface area contributed by atoms with Gasteiger partial charge in [0, 0.05) is 12.3 Å². The van der Waals surface area contributed by atoms with Crippen LogP contribution in [0.25, 0.3) is 0 Å². The molecule has 2 saturated carbocycles. The summed E-state index contributed by atoms with van der Waals surface area (Å²) in [7, 11) is 0. The van der Waals surface area contributed by atoms with E-state index in [1.165, 1.54) is 6.42 Å². The maximum absolute atomic E-state index is 11.4. The van der Waals surface area contributed by atoms with Gasteiger partial charge in [0.1, 0.15) is 6.61 Å². The number of esters is 1. The number of aliphatic hydroxyl groups excluding tert-OH is 3. The Balaban J connectivity index is 1.82. The molecule has 2 aliphatic rings. The molecule has 2 aliphatic carbocycles. The summed E-state index contributed by atoms with van der Waals surface area (Å²) >= 11 is 0. The lowest BCUT2D eigenvalue weighted by Crippen LogP contribution is -2.40. The predicted molar refractivity (Wildman–Crippen MR) is 119 cm³/mol. The van der Waals surface area contributed by atoms with Gasteiger partial charge in [-0.15, -0.1) is 0 Å². The van der Waals surface area contributed by atoms with Crippen LogP contribution in [0, 0.1) is 34.5 Å². The minimum Gasteiger partial charge on any atom is -0.463 e. The van der Waals surface area contributed by atoms with Crippen molar-refractivity contribution < 1.29 is 24.9 Å². The number of ether oxygens (including phenoxy) is 1. The standard InChI is InChI=1S/C25H39NO5/c1-2-25(13-8-14-25)23(29)11-7-10-21-20(19(18-26)17-22(21)28)9-5-3-4-6-12-24(30)31-16-15-27/h3,5,7,10,19-23,27-29H,2,4,6,8-9,11-17H2,1H3/b5-3-,10-7+/t19?,20-,21?,22+,23?/m0/s1. The van der Waals surface area contributed by atoms with Crippen molar-refractivity contribution in [1.82, 2.24) is 0 Å². The van der Waals surface area contributed by atoms with Gasteiger partial charge >= 0.3 is 5.97 Å². The Morgan fingerprint density at radius 2 is 2.10 bits per heavy atom. The van der Waals surface area contributed by atoms with Crippen LogP contribution in [0.3, 0.4) is 0 Å². The van der Waals surface area contributed by atoms with Gasteiger partial charge in [-0.2, -0.15) is 5.26 Å². The van der Waals surface area contributed by atoms with Crippen LogP contribution in [-0.2, 0) is 9.53 Å². The molecular formula is C25H39NO5. The molecule has 6 heteroatoms. The molecule has 6 nitrogen and oxygen atoms in total. The number of hydrogen-bond donors (Lipinski definition) is 3. The molecule has 0 amide bonds. The summed E-state index contributed by atoms with van der Waals surface area (Å²) in [5, 5.41) is 39.3. The minimum absolute atomic E-state index is 0.0413. The topological polar surface area (TPSA) is 111 Å². The van der Waals surface area contributed by atoms with Gasteiger partial charge in [-0.3, -0.25) is 4.79 Å². The van der Waals surface area contributed by atoms with Crippen LogP contribution in [-0.4, -0.2) is 46.7 Å². The van der Waals surface area contributed by atoms with Gasteiger partial charge in [0.2, 0.25) is 0 Å². The number of rotatable bonds is 13. The zero-order valence-electron chi connectivity index (χ0n) is 18.8. The van der Waals surface area contributed by atoms with E-state index in [1.807, 2.05) is 24.3 Å². The second-order valence-corrected chi connectivity index (χ2v) is 9.07. The highest BCUT2D eigenvalue weighted by Crippen LogP contribution is 2.48. The van der Waals surface area contributed by atoms with E-state index >= 15 is 0 Å². The number of hydrogen-bond acceptors (Lipinski definition) is 6. The van der Waals surface area contributed by atoms with Crippen molar-refractivity contribution in [1.29, 1.82) is 5.26 Å². The van der Waals surface area contributed by atoms with Crippen molar-refractivity contribution in [3.05, 3.63) is 24.3 Å². The van der Waals surface area contributed by atoms with Crippen LogP contribution < -0.4 is 0 Å². The number of nitriles is 1. The van der Waals surface area contributed by atoms with E-state index in [4.69, 9.17) is 9.84 Å². The van der Waals surface area contributed by atoms with Crippen molar-refractivity contribution in [3.8, 4) is 6.07 Å². The van der Waals surface area contributed by atoms with Gasteiger partial charge in [0.05, 0.1) is 30.8 Å². The monoisotopic (exact) mass is 433 g/mol. The molecule has 0 aromatic heterocycles. The normalized spacial score (nSPS) is 28.5. The molecule has 3 N–H and O–H groups in total.